The van der Waals surface area contributed by atoms with Crippen molar-refractivity contribution in [2.45, 2.75) is 57.0 Å². The van der Waals surface area contributed by atoms with Crippen LogP contribution < -0.4 is 10.2 Å². The molecule has 190 valence electrons. The van der Waals surface area contributed by atoms with E-state index < -0.39 is 17.8 Å². The van der Waals surface area contributed by atoms with Crippen LogP contribution >= 0.6 is 0 Å². The first-order chi connectivity index (χ1) is 17.5. The summed E-state index contributed by atoms with van der Waals surface area (Å²) >= 11 is 0. The average Bonchev–Trinajstić information content (AvgIpc) is 2.88. The fourth-order valence-corrected chi connectivity index (χ4v) is 5.15. The number of ether oxygens (including phenoxy) is 2. The van der Waals surface area contributed by atoms with Crippen LogP contribution in [0.5, 0.6) is 5.75 Å². The van der Waals surface area contributed by atoms with Crippen LogP contribution in [0.2, 0.25) is 0 Å². The molecule has 0 radical (unpaired) electrons. The lowest BCUT2D eigenvalue weighted by atomic mass is 9.83. The number of hydrogen-bond acceptors (Lipinski definition) is 6. The molecule has 2 fully saturated rings. The first-order valence-corrected chi connectivity index (χ1v) is 12.6. The molecule has 0 saturated carbocycles. The van der Waals surface area contributed by atoms with Crippen LogP contribution in [0.1, 0.15) is 60.0 Å². The van der Waals surface area contributed by atoms with Gasteiger partial charge in [-0.15, -0.1) is 0 Å². The molecule has 2 saturated heterocycles. The maximum Gasteiger partial charge on any atom is 0.267 e. The van der Waals surface area contributed by atoms with Gasteiger partial charge in [0.2, 0.25) is 0 Å². The molecular weight excluding hydrogens is 463 g/mol. The molecule has 8 heteroatoms. The number of rotatable bonds is 6. The lowest BCUT2D eigenvalue weighted by Crippen LogP contribution is -2.54. The largest absolute Gasteiger partial charge is 0.485 e. The van der Waals surface area contributed by atoms with Gasteiger partial charge in [-0.25, -0.2) is 14.7 Å². The number of benzene rings is 2. The molecule has 2 aromatic rings. The van der Waals surface area contributed by atoms with E-state index in [1.165, 1.54) is 18.2 Å². The second kappa shape index (κ2) is 10.9. The number of hydrogen-bond donors (Lipinski definition) is 1. The number of fused-ring (bicyclic) bond motifs is 1. The van der Waals surface area contributed by atoms with Crippen molar-refractivity contribution in [2.75, 3.05) is 19.7 Å². The van der Waals surface area contributed by atoms with Gasteiger partial charge in [0.15, 0.2) is 12.1 Å². The van der Waals surface area contributed by atoms with E-state index in [-0.39, 0.29) is 11.6 Å². The van der Waals surface area contributed by atoms with E-state index in [2.05, 4.69) is 10.4 Å². The molecule has 1 N–H and O–H groups in total. The van der Waals surface area contributed by atoms with Gasteiger partial charge in [0, 0.05) is 32.2 Å². The van der Waals surface area contributed by atoms with E-state index in [1.807, 2.05) is 6.07 Å². The summed E-state index contributed by atoms with van der Waals surface area (Å²) in [5.74, 6) is -0.0255. The number of likely N-dealkylation sites (tertiary alicyclic amines) is 1. The summed E-state index contributed by atoms with van der Waals surface area (Å²) < 4.78 is 25.1. The normalized spacial score (nSPS) is 24.5. The predicted molar refractivity (Wildman–Crippen MR) is 132 cm³/mol. The van der Waals surface area contributed by atoms with Crippen molar-refractivity contribution in [1.82, 2.24) is 10.4 Å². The molecule has 2 aromatic carbocycles. The average molecular weight is 495 g/mol. The molecule has 1 amide bonds. The maximum atomic E-state index is 13.3. The topological polar surface area (TPSA) is 77.1 Å². The third-order valence-electron chi connectivity index (χ3n) is 6.91. The maximum absolute atomic E-state index is 13.3. The number of piperidine rings is 1. The standard InChI is InChI=1S/C28H31FN2O5/c29-22-9-5-21(6-10-22)18-31-14-3-13-28(19-31)17-24(32)23-16-20(7-11-25(23)35-28)8-12-26(33)30-36-27-4-1-2-15-34-27/h5-12,16,27H,1-4,13-15,17-19H2,(H,30,33)/b12-8+. The second-order valence-electron chi connectivity index (χ2n) is 9.79. The Labute approximate surface area is 210 Å². The number of hydroxylamine groups is 1. The summed E-state index contributed by atoms with van der Waals surface area (Å²) in [5.41, 5.74) is 4.13. The zero-order valence-corrected chi connectivity index (χ0v) is 20.2. The number of ketones is 1. The fourth-order valence-electron chi connectivity index (χ4n) is 5.15. The number of carbonyl (C=O) groups is 2. The van der Waals surface area contributed by atoms with Gasteiger partial charge in [0.25, 0.3) is 5.91 Å². The van der Waals surface area contributed by atoms with Crippen molar-refractivity contribution in [1.29, 1.82) is 0 Å². The third-order valence-corrected chi connectivity index (χ3v) is 6.91. The van der Waals surface area contributed by atoms with Gasteiger partial charge in [0.1, 0.15) is 17.2 Å². The minimum atomic E-state index is -0.557. The van der Waals surface area contributed by atoms with Gasteiger partial charge in [-0.1, -0.05) is 18.2 Å². The zero-order valence-electron chi connectivity index (χ0n) is 20.2. The molecule has 1 spiro atoms. The number of Topliss-reactive ketones (excluding diaryl/α,β-unsaturated/α-hetero) is 1. The van der Waals surface area contributed by atoms with E-state index in [0.29, 0.717) is 37.4 Å². The zero-order chi connectivity index (χ0) is 25.0. The van der Waals surface area contributed by atoms with Crippen molar-refractivity contribution in [2.24, 2.45) is 0 Å². The van der Waals surface area contributed by atoms with Crippen molar-refractivity contribution in [3.63, 3.8) is 0 Å². The van der Waals surface area contributed by atoms with E-state index in [4.69, 9.17) is 14.3 Å². The molecule has 0 bridgehead atoms. The summed E-state index contributed by atoms with van der Waals surface area (Å²) in [6, 6.07) is 11.9. The minimum absolute atomic E-state index is 0.0392. The Bertz CT molecular complexity index is 1130. The van der Waals surface area contributed by atoms with Crippen molar-refractivity contribution < 1.29 is 28.3 Å². The molecule has 0 aromatic heterocycles. The van der Waals surface area contributed by atoms with Crippen LogP contribution in [0.25, 0.3) is 6.08 Å². The molecule has 7 nitrogen and oxygen atoms in total. The number of carbonyl (C=O) groups excluding carboxylic acids is 2. The summed E-state index contributed by atoms with van der Waals surface area (Å²) in [7, 11) is 0. The van der Waals surface area contributed by atoms with Gasteiger partial charge in [0.05, 0.1) is 12.0 Å². The van der Waals surface area contributed by atoms with Crippen LogP contribution in [0.3, 0.4) is 0 Å². The summed E-state index contributed by atoms with van der Waals surface area (Å²) in [6.07, 6.45) is 7.41. The number of nitrogens with one attached hydrogen (secondary N) is 1. The molecule has 3 heterocycles. The third kappa shape index (κ3) is 6.00. The highest BCUT2D eigenvalue weighted by molar-refractivity contribution is 6.01. The first kappa shape index (κ1) is 24.6. The molecule has 3 aliphatic rings. The lowest BCUT2D eigenvalue weighted by Gasteiger charge is -2.45. The lowest BCUT2D eigenvalue weighted by molar-refractivity contribution is -0.198. The molecule has 5 rings (SSSR count). The monoisotopic (exact) mass is 494 g/mol. The molecule has 0 aliphatic carbocycles. The van der Waals surface area contributed by atoms with Gasteiger partial charge in [-0.05, 0) is 73.7 Å². The van der Waals surface area contributed by atoms with E-state index >= 15 is 0 Å². The van der Waals surface area contributed by atoms with Gasteiger partial charge >= 0.3 is 0 Å². The Hall–Kier alpha value is -3.07. The Morgan fingerprint density at radius 1 is 1.19 bits per heavy atom. The van der Waals surface area contributed by atoms with Crippen molar-refractivity contribution >= 4 is 17.8 Å². The summed E-state index contributed by atoms with van der Waals surface area (Å²) in [6.45, 7) is 2.87. The smallest absolute Gasteiger partial charge is 0.267 e. The van der Waals surface area contributed by atoms with Crippen LogP contribution in [-0.2, 0) is 20.9 Å². The number of halogens is 1. The Morgan fingerprint density at radius 3 is 2.86 bits per heavy atom. The van der Waals surface area contributed by atoms with E-state index in [9.17, 15) is 14.0 Å². The Kier molecular flexibility index (Phi) is 7.46. The van der Waals surface area contributed by atoms with Crippen LogP contribution in [-0.4, -0.2) is 48.2 Å². The molecule has 3 aliphatic heterocycles. The summed E-state index contributed by atoms with van der Waals surface area (Å²) in [4.78, 5) is 32.8. The Morgan fingerprint density at radius 2 is 2.06 bits per heavy atom. The van der Waals surface area contributed by atoms with E-state index in [0.717, 1.165) is 49.8 Å². The van der Waals surface area contributed by atoms with Crippen molar-refractivity contribution in [3.05, 3.63) is 71.0 Å². The quantitative estimate of drug-likeness (QED) is 0.474. The van der Waals surface area contributed by atoms with Gasteiger partial charge < -0.3 is 9.47 Å². The summed E-state index contributed by atoms with van der Waals surface area (Å²) in [5, 5.41) is 0. The molecular formula is C28H31FN2O5. The predicted octanol–water partition coefficient (Wildman–Crippen LogP) is 4.41. The number of amides is 1. The fraction of sp³-hybridized carbons (Fsp3) is 0.429. The van der Waals surface area contributed by atoms with E-state index in [1.54, 1.807) is 30.3 Å². The molecule has 2 atom stereocenters. The second-order valence-corrected chi connectivity index (χ2v) is 9.79. The van der Waals surface area contributed by atoms with Crippen LogP contribution in [0, 0.1) is 5.82 Å². The van der Waals surface area contributed by atoms with Crippen LogP contribution in [0.4, 0.5) is 4.39 Å². The molecule has 2 unspecified atom stereocenters. The first-order valence-electron chi connectivity index (χ1n) is 12.6. The van der Waals surface area contributed by atoms with Crippen LogP contribution in [0.15, 0.2) is 48.5 Å². The highest BCUT2D eigenvalue weighted by atomic mass is 19.1. The van der Waals surface area contributed by atoms with Gasteiger partial charge in [-0.2, -0.15) is 0 Å². The highest BCUT2D eigenvalue weighted by Gasteiger charge is 2.43. The molecule has 36 heavy (non-hydrogen) atoms. The van der Waals surface area contributed by atoms with Crippen molar-refractivity contribution in [3.8, 4) is 5.75 Å². The minimum Gasteiger partial charge on any atom is -0.485 e. The van der Waals surface area contributed by atoms with Gasteiger partial charge in [-0.3, -0.25) is 14.5 Å². The Balaban J connectivity index is 1.20. The number of nitrogens with zero attached hydrogens (tertiary/aromatic N) is 1. The SMILES string of the molecule is O=C(/C=C/c1ccc2c(c1)C(=O)CC1(CCCN(Cc3ccc(F)cc3)C1)O2)NOC1CCCCO1. The highest BCUT2D eigenvalue weighted by Crippen LogP contribution is 2.39.